The molecular formula is C18H17NO4. The molecule has 23 heavy (non-hydrogen) atoms. The number of esters is 1. The van der Waals surface area contributed by atoms with Crippen LogP contribution in [0.15, 0.2) is 48.7 Å². The van der Waals surface area contributed by atoms with Crippen LogP contribution in [0.4, 0.5) is 0 Å². The van der Waals surface area contributed by atoms with Gasteiger partial charge in [0.1, 0.15) is 22.9 Å². The fourth-order valence-corrected chi connectivity index (χ4v) is 2.50. The second kappa shape index (κ2) is 6.04. The number of hydrogen-bond acceptors (Lipinski definition) is 4. The molecule has 5 heteroatoms. The van der Waals surface area contributed by atoms with Crippen molar-refractivity contribution in [3.8, 4) is 17.2 Å². The molecule has 0 saturated heterocycles. The van der Waals surface area contributed by atoms with Gasteiger partial charge in [0, 0.05) is 11.6 Å². The number of aromatic nitrogens is 1. The van der Waals surface area contributed by atoms with Crippen LogP contribution in [0.1, 0.15) is 16.1 Å². The largest absolute Gasteiger partial charge is 0.497 e. The monoisotopic (exact) mass is 311 g/mol. The zero-order valence-electron chi connectivity index (χ0n) is 13.2. The van der Waals surface area contributed by atoms with E-state index in [0.717, 1.165) is 16.8 Å². The zero-order chi connectivity index (χ0) is 16.4. The van der Waals surface area contributed by atoms with Gasteiger partial charge in [0.2, 0.25) is 0 Å². The third-order valence-electron chi connectivity index (χ3n) is 3.59. The molecule has 118 valence electrons. The van der Waals surface area contributed by atoms with Crippen LogP contribution in [0, 0.1) is 6.92 Å². The van der Waals surface area contributed by atoms with Gasteiger partial charge in [-0.25, -0.2) is 4.79 Å². The summed E-state index contributed by atoms with van der Waals surface area (Å²) in [4.78, 5) is 12.0. The highest BCUT2D eigenvalue weighted by atomic mass is 16.5. The highest BCUT2D eigenvalue weighted by molar-refractivity contribution is 5.91. The predicted molar refractivity (Wildman–Crippen MR) is 86.5 cm³/mol. The predicted octanol–water partition coefficient (Wildman–Crippen LogP) is 3.84. The third-order valence-corrected chi connectivity index (χ3v) is 3.59. The van der Waals surface area contributed by atoms with Crippen molar-refractivity contribution in [2.45, 2.75) is 6.92 Å². The average Bonchev–Trinajstić information content (AvgIpc) is 2.89. The maximum absolute atomic E-state index is 12.0. The molecule has 0 amide bonds. The lowest BCUT2D eigenvalue weighted by atomic mass is 10.3. The summed E-state index contributed by atoms with van der Waals surface area (Å²) in [6.07, 6.45) is 1.77. The summed E-state index contributed by atoms with van der Waals surface area (Å²) in [5.74, 6) is 1.62. The van der Waals surface area contributed by atoms with Gasteiger partial charge in [-0.15, -0.1) is 0 Å². The summed E-state index contributed by atoms with van der Waals surface area (Å²) in [7, 11) is 2.98. The summed E-state index contributed by atoms with van der Waals surface area (Å²) in [6, 6.07) is 13.0. The van der Waals surface area contributed by atoms with E-state index in [2.05, 4.69) is 0 Å². The number of benzene rings is 1. The van der Waals surface area contributed by atoms with Gasteiger partial charge in [0.15, 0.2) is 0 Å². The fraction of sp³-hybridized carbons (Fsp3) is 0.167. The van der Waals surface area contributed by atoms with Crippen molar-refractivity contribution >= 4 is 11.5 Å². The van der Waals surface area contributed by atoms with Crippen molar-refractivity contribution in [2.24, 2.45) is 0 Å². The highest BCUT2D eigenvalue weighted by Gasteiger charge is 2.16. The molecule has 0 saturated carbocycles. The van der Waals surface area contributed by atoms with E-state index in [9.17, 15) is 4.79 Å². The first kappa shape index (κ1) is 15.0. The average molecular weight is 311 g/mol. The standard InChI is InChI=1S/C18H17NO4/c1-12-9-13-7-8-16(11-19(13)17(12)18(20)22-3)23-15-6-4-5-14(10-15)21-2/h4-11H,1-3H3. The number of carbonyl (C=O) groups is 1. The van der Waals surface area contributed by atoms with Crippen molar-refractivity contribution in [3.05, 3.63) is 59.9 Å². The summed E-state index contributed by atoms with van der Waals surface area (Å²) in [6.45, 7) is 1.88. The number of carbonyl (C=O) groups excluding carboxylic acids is 1. The Morgan fingerprint density at radius 2 is 1.78 bits per heavy atom. The molecule has 2 aromatic heterocycles. The van der Waals surface area contributed by atoms with Gasteiger partial charge in [-0.2, -0.15) is 0 Å². The molecule has 0 N–H and O–H groups in total. The summed E-state index contributed by atoms with van der Waals surface area (Å²) < 4.78 is 17.7. The molecule has 0 aliphatic carbocycles. The van der Waals surface area contributed by atoms with Crippen molar-refractivity contribution < 1.29 is 19.0 Å². The van der Waals surface area contributed by atoms with E-state index < -0.39 is 0 Å². The number of ether oxygens (including phenoxy) is 3. The van der Waals surface area contributed by atoms with E-state index in [-0.39, 0.29) is 5.97 Å². The minimum absolute atomic E-state index is 0.374. The topological polar surface area (TPSA) is 49.2 Å². The molecule has 0 atom stereocenters. The molecular weight excluding hydrogens is 294 g/mol. The van der Waals surface area contributed by atoms with Crippen molar-refractivity contribution in [1.29, 1.82) is 0 Å². The van der Waals surface area contributed by atoms with E-state index in [1.54, 1.807) is 23.8 Å². The Balaban J connectivity index is 2.00. The number of nitrogens with zero attached hydrogens (tertiary/aromatic N) is 1. The SMILES string of the molecule is COC(=O)c1c(C)cc2ccc(Oc3cccc(OC)c3)cn12. The number of aryl methyl sites for hydroxylation is 1. The summed E-state index contributed by atoms with van der Waals surface area (Å²) in [5.41, 5.74) is 2.26. The van der Waals surface area contributed by atoms with Crippen LogP contribution >= 0.6 is 0 Å². The van der Waals surface area contributed by atoms with E-state index in [1.807, 2.05) is 43.3 Å². The maximum atomic E-state index is 12.0. The lowest BCUT2D eigenvalue weighted by molar-refractivity contribution is 0.0592. The minimum Gasteiger partial charge on any atom is -0.497 e. The quantitative estimate of drug-likeness (QED) is 0.687. The summed E-state index contributed by atoms with van der Waals surface area (Å²) >= 11 is 0. The molecule has 0 radical (unpaired) electrons. The maximum Gasteiger partial charge on any atom is 0.355 e. The van der Waals surface area contributed by atoms with Crippen LogP contribution in [0.5, 0.6) is 17.2 Å². The number of methoxy groups -OCH3 is 2. The fourth-order valence-electron chi connectivity index (χ4n) is 2.50. The Morgan fingerprint density at radius 1 is 1.00 bits per heavy atom. The first-order valence-corrected chi connectivity index (χ1v) is 7.14. The molecule has 1 aromatic carbocycles. The molecule has 0 bridgehead atoms. The normalized spacial score (nSPS) is 10.6. The van der Waals surface area contributed by atoms with Gasteiger partial charge < -0.3 is 18.6 Å². The van der Waals surface area contributed by atoms with E-state index in [4.69, 9.17) is 14.2 Å². The van der Waals surface area contributed by atoms with Gasteiger partial charge in [-0.05, 0) is 42.8 Å². The number of rotatable bonds is 4. The molecule has 0 aliphatic rings. The Kier molecular flexibility index (Phi) is 3.93. The second-order valence-corrected chi connectivity index (χ2v) is 5.11. The van der Waals surface area contributed by atoms with Crippen molar-refractivity contribution in [3.63, 3.8) is 0 Å². The van der Waals surface area contributed by atoms with Crippen LogP contribution < -0.4 is 9.47 Å². The van der Waals surface area contributed by atoms with Crippen LogP contribution in [0.3, 0.4) is 0 Å². The summed E-state index contributed by atoms with van der Waals surface area (Å²) in [5, 5.41) is 0. The van der Waals surface area contributed by atoms with Crippen LogP contribution in [0.2, 0.25) is 0 Å². The van der Waals surface area contributed by atoms with E-state index >= 15 is 0 Å². The second-order valence-electron chi connectivity index (χ2n) is 5.11. The van der Waals surface area contributed by atoms with Crippen molar-refractivity contribution in [1.82, 2.24) is 4.40 Å². The molecule has 3 rings (SSSR count). The van der Waals surface area contributed by atoms with Crippen LogP contribution in [-0.4, -0.2) is 24.6 Å². The zero-order valence-corrected chi connectivity index (χ0v) is 13.2. The number of hydrogen-bond donors (Lipinski definition) is 0. The number of pyridine rings is 1. The van der Waals surface area contributed by atoms with Gasteiger partial charge in [0.05, 0.1) is 20.4 Å². The smallest absolute Gasteiger partial charge is 0.355 e. The van der Waals surface area contributed by atoms with Crippen molar-refractivity contribution in [2.75, 3.05) is 14.2 Å². The van der Waals surface area contributed by atoms with E-state index in [0.29, 0.717) is 17.2 Å². The lowest BCUT2D eigenvalue weighted by Crippen LogP contribution is -2.07. The molecule has 0 fully saturated rings. The van der Waals surface area contributed by atoms with Crippen LogP contribution in [-0.2, 0) is 4.74 Å². The molecule has 0 unspecified atom stereocenters. The first-order valence-electron chi connectivity index (χ1n) is 7.14. The minimum atomic E-state index is -0.374. The van der Waals surface area contributed by atoms with Crippen LogP contribution in [0.25, 0.3) is 5.52 Å². The molecule has 0 spiro atoms. The molecule has 0 aliphatic heterocycles. The Labute approximate surface area is 134 Å². The Morgan fingerprint density at radius 3 is 2.52 bits per heavy atom. The van der Waals surface area contributed by atoms with Gasteiger partial charge in [0.25, 0.3) is 0 Å². The Bertz CT molecular complexity index is 867. The lowest BCUT2D eigenvalue weighted by Gasteiger charge is -2.09. The molecule has 2 heterocycles. The van der Waals surface area contributed by atoms with Gasteiger partial charge in [-0.1, -0.05) is 6.07 Å². The molecule has 3 aromatic rings. The van der Waals surface area contributed by atoms with Gasteiger partial charge >= 0.3 is 5.97 Å². The van der Waals surface area contributed by atoms with E-state index in [1.165, 1.54) is 7.11 Å². The molecule has 5 nitrogen and oxygen atoms in total. The third kappa shape index (κ3) is 2.85. The first-order chi connectivity index (χ1) is 11.1. The van der Waals surface area contributed by atoms with Gasteiger partial charge in [-0.3, -0.25) is 0 Å². The number of fused-ring (bicyclic) bond motifs is 1. The highest BCUT2D eigenvalue weighted by Crippen LogP contribution is 2.27. The Hall–Kier alpha value is -2.95.